The number of carbonyl (C=O) groups excluding carboxylic acids is 2. The van der Waals surface area contributed by atoms with E-state index in [0.29, 0.717) is 36.3 Å². The summed E-state index contributed by atoms with van der Waals surface area (Å²) in [5, 5.41) is 3.87. The number of ether oxygens (including phenoxy) is 1. The van der Waals surface area contributed by atoms with E-state index in [2.05, 4.69) is 5.32 Å². The van der Waals surface area contributed by atoms with Crippen molar-refractivity contribution in [3.05, 3.63) is 33.8 Å². The van der Waals surface area contributed by atoms with Gasteiger partial charge in [-0.3, -0.25) is 14.5 Å². The Balaban J connectivity index is 0.00000264. The molecule has 1 aliphatic heterocycles. The van der Waals surface area contributed by atoms with Gasteiger partial charge >= 0.3 is 5.97 Å². The highest BCUT2D eigenvalue weighted by atomic mass is 35.5. The second-order valence-electron chi connectivity index (χ2n) is 4.99. The van der Waals surface area contributed by atoms with Gasteiger partial charge in [0.2, 0.25) is 5.91 Å². The summed E-state index contributed by atoms with van der Waals surface area (Å²) < 4.78 is 4.94. The Labute approximate surface area is 151 Å². The highest BCUT2D eigenvalue weighted by Crippen LogP contribution is 2.27. The van der Waals surface area contributed by atoms with Crippen LogP contribution in [0.2, 0.25) is 10.0 Å². The van der Waals surface area contributed by atoms with Crippen molar-refractivity contribution in [1.29, 1.82) is 0 Å². The molecule has 2 rings (SSSR count). The maximum absolute atomic E-state index is 12.1. The van der Waals surface area contributed by atoms with Gasteiger partial charge in [0.1, 0.15) is 6.04 Å². The fourth-order valence-corrected chi connectivity index (χ4v) is 2.95. The zero-order valence-electron chi connectivity index (χ0n) is 12.7. The summed E-state index contributed by atoms with van der Waals surface area (Å²) in [6, 6.07) is 4.72. The molecule has 1 amide bonds. The van der Waals surface area contributed by atoms with Crippen molar-refractivity contribution in [2.45, 2.75) is 25.9 Å². The summed E-state index contributed by atoms with van der Waals surface area (Å²) in [5.41, 5.74) is 0.759. The molecule has 23 heavy (non-hydrogen) atoms. The van der Waals surface area contributed by atoms with Crippen LogP contribution in [0.1, 0.15) is 18.9 Å². The van der Waals surface area contributed by atoms with Crippen LogP contribution in [0.4, 0.5) is 0 Å². The number of piperazine rings is 1. The van der Waals surface area contributed by atoms with Crippen molar-refractivity contribution in [3.8, 4) is 0 Å². The van der Waals surface area contributed by atoms with Gasteiger partial charge in [-0.15, -0.1) is 12.4 Å². The lowest BCUT2D eigenvalue weighted by Crippen LogP contribution is -2.55. The van der Waals surface area contributed by atoms with E-state index < -0.39 is 6.04 Å². The van der Waals surface area contributed by atoms with Crippen molar-refractivity contribution in [2.24, 2.45) is 0 Å². The molecule has 1 heterocycles. The van der Waals surface area contributed by atoms with Crippen LogP contribution in [0.25, 0.3) is 0 Å². The number of nitrogens with one attached hydrogen (secondary N) is 1. The highest BCUT2D eigenvalue weighted by Gasteiger charge is 2.32. The molecule has 0 bridgehead atoms. The Morgan fingerprint density at radius 2 is 2.04 bits per heavy atom. The average molecular weight is 382 g/mol. The van der Waals surface area contributed by atoms with Crippen molar-refractivity contribution in [2.75, 3.05) is 19.7 Å². The molecule has 128 valence electrons. The quantitative estimate of drug-likeness (QED) is 0.797. The van der Waals surface area contributed by atoms with Crippen LogP contribution in [0.5, 0.6) is 0 Å². The van der Waals surface area contributed by atoms with Gasteiger partial charge < -0.3 is 10.1 Å². The second kappa shape index (κ2) is 9.33. The minimum atomic E-state index is -0.569. The first-order valence-electron chi connectivity index (χ1n) is 7.13. The topological polar surface area (TPSA) is 58.6 Å². The minimum absolute atomic E-state index is 0. The Morgan fingerprint density at radius 1 is 1.39 bits per heavy atom. The van der Waals surface area contributed by atoms with E-state index in [-0.39, 0.29) is 30.7 Å². The molecule has 5 nitrogen and oxygen atoms in total. The third-order valence-electron chi connectivity index (χ3n) is 3.53. The number of halogens is 3. The Kier molecular flexibility index (Phi) is 8.12. The van der Waals surface area contributed by atoms with Crippen molar-refractivity contribution < 1.29 is 14.3 Å². The predicted octanol–water partition coefficient (Wildman–Crippen LogP) is 2.67. The molecule has 0 spiro atoms. The number of amides is 1. The molecule has 8 heteroatoms. The first kappa shape index (κ1) is 20.0. The third kappa shape index (κ3) is 5.24. The number of esters is 1. The predicted molar refractivity (Wildman–Crippen MR) is 92.2 cm³/mol. The Bertz CT molecular complexity index is 549. The van der Waals surface area contributed by atoms with Crippen LogP contribution in [0.15, 0.2) is 18.2 Å². The second-order valence-corrected chi connectivity index (χ2v) is 5.80. The average Bonchev–Trinajstić information content (AvgIpc) is 2.46. The van der Waals surface area contributed by atoms with E-state index >= 15 is 0 Å². The van der Waals surface area contributed by atoms with Gasteiger partial charge in [0, 0.05) is 35.2 Å². The molecule has 0 radical (unpaired) electrons. The number of carbonyl (C=O) groups is 2. The van der Waals surface area contributed by atoms with E-state index in [1.165, 1.54) is 0 Å². The molecule has 1 saturated heterocycles. The Hall–Kier alpha value is -1.01. The molecule has 0 aromatic heterocycles. The number of nitrogens with zero attached hydrogens (tertiary/aromatic N) is 1. The summed E-state index contributed by atoms with van der Waals surface area (Å²) in [6.45, 7) is 3.59. The lowest BCUT2D eigenvalue weighted by Gasteiger charge is -2.34. The lowest BCUT2D eigenvalue weighted by molar-refractivity contribution is -0.148. The molecule has 1 aromatic carbocycles. The Morgan fingerprint density at radius 3 is 2.65 bits per heavy atom. The summed E-state index contributed by atoms with van der Waals surface area (Å²) in [6.07, 6.45) is 0.0156. The van der Waals surface area contributed by atoms with Gasteiger partial charge in [-0.2, -0.15) is 0 Å². The number of hydrogen-bond donors (Lipinski definition) is 1. The smallest absolute Gasteiger partial charge is 0.307 e. The lowest BCUT2D eigenvalue weighted by atomic mass is 10.1. The fraction of sp³-hybridized carbons (Fsp3) is 0.467. The maximum atomic E-state index is 12.1. The summed E-state index contributed by atoms with van der Waals surface area (Å²) in [4.78, 5) is 25.7. The molecule has 0 saturated carbocycles. The van der Waals surface area contributed by atoms with Crippen molar-refractivity contribution in [1.82, 2.24) is 10.2 Å². The van der Waals surface area contributed by atoms with Gasteiger partial charge in [-0.1, -0.05) is 29.3 Å². The molecular formula is C15H19Cl3N2O3. The highest BCUT2D eigenvalue weighted by molar-refractivity contribution is 6.35. The molecule has 1 aliphatic rings. The van der Waals surface area contributed by atoms with E-state index in [9.17, 15) is 9.59 Å². The van der Waals surface area contributed by atoms with Gasteiger partial charge in [-0.05, 0) is 19.1 Å². The first-order chi connectivity index (χ1) is 10.5. The minimum Gasteiger partial charge on any atom is -0.466 e. The molecule has 0 aliphatic carbocycles. The number of rotatable bonds is 5. The summed E-state index contributed by atoms with van der Waals surface area (Å²) >= 11 is 12.4. The van der Waals surface area contributed by atoms with Crippen LogP contribution < -0.4 is 5.32 Å². The van der Waals surface area contributed by atoms with Crippen LogP contribution in [0, 0.1) is 0 Å². The number of benzene rings is 1. The zero-order chi connectivity index (χ0) is 16.1. The fourth-order valence-electron chi connectivity index (χ4n) is 2.44. The van der Waals surface area contributed by atoms with E-state index in [4.69, 9.17) is 27.9 Å². The van der Waals surface area contributed by atoms with E-state index in [1.54, 1.807) is 25.1 Å². The van der Waals surface area contributed by atoms with Crippen molar-refractivity contribution in [3.63, 3.8) is 0 Å². The van der Waals surface area contributed by atoms with Crippen LogP contribution in [-0.4, -0.2) is 42.5 Å². The van der Waals surface area contributed by atoms with Gasteiger partial charge in [0.05, 0.1) is 13.0 Å². The molecule has 1 aromatic rings. The van der Waals surface area contributed by atoms with Gasteiger partial charge in [0.15, 0.2) is 0 Å². The van der Waals surface area contributed by atoms with Crippen molar-refractivity contribution >= 4 is 47.5 Å². The van der Waals surface area contributed by atoms with E-state index in [1.807, 2.05) is 4.90 Å². The third-order valence-corrected chi connectivity index (χ3v) is 4.24. The monoisotopic (exact) mass is 380 g/mol. The number of hydrogen-bond acceptors (Lipinski definition) is 4. The van der Waals surface area contributed by atoms with Crippen LogP contribution >= 0.6 is 35.6 Å². The van der Waals surface area contributed by atoms with Crippen LogP contribution in [0.3, 0.4) is 0 Å². The first-order valence-corrected chi connectivity index (χ1v) is 7.88. The normalized spacial score (nSPS) is 18.0. The van der Waals surface area contributed by atoms with Crippen LogP contribution in [-0.2, 0) is 20.9 Å². The summed E-state index contributed by atoms with van der Waals surface area (Å²) in [7, 11) is 0. The SMILES string of the molecule is CCOC(=O)CC1C(=O)NCCN1Cc1c(Cl)cccc1Cl.Cl. The zero-order valence-corrected chi connectivity index (χ0v) is 15.0. The molecule has 1 unspecified atom stereocenters. The molecule has 1 atom stereocenters. The molecule has 1 N–H and O–H groups in total. The molecule has 1 fully saturated rings. The van der Waals surface area contributed by atoms with E-state index in [0.717, 1.165) is 5.56 Å². The maximum Gasteiger partial charge on any atom is 0.307 e. The van der Waals surface area contributed by atoms with Gasteiger partial charge in [0.25, 0.3) is 0 Å². The largest absolute Gasteiger partial charge is 0.466 e. The molecular weight excluding hydrogens is 363 g/mol. The summed E-state index contributed by atoms with van der Waals surface area (Å²) in [5.74, 6) is -0.567. The standard InChI is InChI=1S/C15H18Cl2N2O3.ClH/c1-2-22-14(20)8-13-15(21)18-6-7-19(13)9-10-11(16)4-3-5-12(10)17;/h3-5,13H,2,6-9H2,1H3,(H,18,21);1H. The van der Waals surface area contributed by atoms with Gasteiger partial charge in [-0.25, -0.2) is 0 Å².